The number of hydrogen-bond donors (Lipinski definition) is 1. The number of rotatable bonds is 2. The Morgan fingerprint density at radius 3 is 2.83 bits per heavy atom. The van der Waals surface area contributed by atoms with Crippen LogP contribution in [0.2, 0.25) is 0 Å². The van der Waals surface area contributed by atoms with Gasteiger partial charge in [0.25, 0.3) is 0 Å². The number of fused-ring (bicyclic) bond motifs is 1. The van der Waals surface area contributed by atoms with Crippen molar-refractivity contribution in [1.82, 2.24) is 5.32 Å². The number of hydrogen-bond acceptors (Lipinski definition) is 1. The maximum absolute atomic E-state index is 13.7. The number of benzene rings is 1. The molecular formula is C16H22FN. The van der Waals surface area contributed by atoms with E-state index in [1.54, 1.807) is 6.07 Å². The standard InChI is InChI=1S/C16H22FN/c1-16(2)10-4-7-15(16)18-14-9-8-11-12(14)5-3-6-13(11)17/h3,5-6,14-15,18H,4,7-10H2,1-2H3. The van der Waals surface area contributed by atoms with Crippen LogP contribution in [0, 0.1) is 11.2 Å². The van der Waals surface area contributed by atoms with E-state index in [4.69, 9.17) is 0 Å². The number of halogens is 1. The zero-order valence-corrected chi connectivity index (χ0v) is 11.3. The molecule has 1 N–H and O–H groups in total. The van der Waals surface area contributed by atoms with Gasteiger partial charge in [-0.2, -0.15) is 0 Å². The second-order valence-corrected chi connectivity index (χ2v) is 6.50. The Morgan fingerprint density at radius 1 is 1.28 bits per heavy atom. The summed E-state index contributed by atoms with van der Waals surface area (Å²) >= 11 is 0. The fraction of sp³-hybridized carbons (Fsp3) is 0.625. The first kappa shape index (κ1) is 12.2. The van der Waals surface area contributed by atoms with Gasteiger partial charge in [-0.3, -0.25) is 0 Å². The molecule has 1 aromatic rings. The summed E-state index contributed by atoms with van der Waals surface area (Å²) in [6, 6.07) is 6.45. The van der Waals surface area contributed by atoms with Crippen molar-refractivity contribution in [3.8, 4) is 0 Å². The molecule has 1 aromatic carbocycles. The van der Waals surface area contributed by atoms with Crippen LogP contribution in [0.1, 0.15) is 56.7 Å². The molecule has 1 nitrogen and oxygen atoms in total. The van der Waals surface area contributed by atoms with E-state index in [-0.39, 0.29) is 5.82 Å². The quantitative estimate of drug-likeness (QED) is 0.833. The zero-order chi connectivity index (χ0) is 12.8. The van der Waals surface area contributed by atoms with E-state index in [0.29, 0.717) is 17.5 Å². The van der Waals surface area contributed by atoms with E-state index in [1.807, 2.05) is 6.07 Å². The van der Waals surface area contributed by atoms with Crippen molar-refractivity contribution in [2.45, 2.75) is 58.0 Å². The highest BCUT2D eigenvalue weighted by Crippen LogP contribution is 2.40. The molecule has 0 aliphatic heterocycles. The second-order valence-electron chi connectivity index (χ2n) is 6.50. The van der Waals surface area contributed by atoms with Gasteiger partial charge in [-0.15, -0.1) is 0 Å². The molecule has 1 saturated carbocycles. The third-order valence-corrected chi connectivity index (χ3v) is 4.87. The molecule has 98 valence electrons. The van der Waals surface area contributed by atoms with Crippen LogP contribution in [0.4, 0.5) is 4.39 Å². The van der Waals surface area contributed by atoms with Gasteiger partial charge in [0.15, 0.2) is 0 Å². The lowest BCUT2D eigenvalue weighted by Crippen LogP contribution is -2.39. The largest absolute Gasteiger partial charge is 0.307 e. The lowest BCUT2D eigenvalue weighted by atomic mass is 9.86. The van der Waals surface area contributed by atoms with Crippen LogP contribution in [0.15, 0.2) is 18.2 Å². The molecule has 2 aliphatic carbocycles. The van der Waals surface area contributed by atoms with Gasteiger partial charge in [0.2, 0.25) is 0 Å². The molecule has 1 fully saturated rings. The van der Waals surface area contributed by atoms with Gasteiger partial charge in [-0.25, -0.2) is 4.39 Å². The highest BCUT2D eigenvalue weighted by molar-refractivity contribution is 5.35. The summed E-state index contributed by atoms with van der Waals surface area (Å²) in [5, 5.41) is 3.78. The van der Waals surface area contributed by atoms with Gasteiger partial charge in [0, 0.05) is 12.1 Å². The van der Waals surface area contributed by atoms with Gasteiger partial charge < -0.3 is 5.32 Å². The Morgan fingerprint density at radius 2 is 2.11 bits per heavy atom. The van der Waals surface area contributed by atoms with Gasteiger partial charge in [0.05, 0.1) is 0 Å². The lowest BCUT2D eigenvalue weighted by molar-refractivity contribution is 0.261. The third kappa shape index (κ3) is 1.97. The van der Waals surface area contributed by atoms with Crippen molar-refractivity contribution in [2.75, 3.05) is 0 Å². The first-order chi connectivity index (χ1) is 8.58. The molecule has 2 atom stereocenters. The van der Waals surface area contributed by atoms with Crippen molar-refractivity contribution in [1.29, 1.82) is 0 Å². The predicted molar refractivity (Wildman–Crippen MR) is 72.0 cm³/mol. The van der Waals surface area contributed by atoms with Gasteiger partial charge in [0.1, 0.15) is 5.82 Å². The Hall–Kier alpha value is -0.890. The van der Waals surface area contributed by atoms with Gasteiger partial charge in [-0.1, -0.05) is 32.4 Å². The minimum absolute atomic E-state index is 0.0255. The molecule has 2 heteroatoms. The van der Waals surface area contributed by atoms with Crippen molar-refractivity contribution in [3.63, 3.8) is 0 Å². The Kier molecular flexibility index (Phi) is 2.93. The van der Waals surface area contributed by atoms with Crippen LogP contribution in [0.5, 0.6) is 0 Å². The molecule has 0 aromatic heterocycles. The molecular weight excluding hydrogens is 225 g/mol. The molecule has 2 unspecified atom stereocenters. The van der Waals surface area contributed by atoms with E-state index in [1.165, 1.54) is 24.8 Å². The van der Waals surface area contributed by atoms with E-state index in [2.05, 4.69) is 25.2 Å². The molecule has 18 heavy (non-hydrogen) atoms. The molecule has 0 saturated heterocycles. The maximum Gasteiger partial charge on any atom is 0.126 e. The van der Waals surface area contributed by atoms with E-state index in [9.17, 15) is 4.39 Å². The highest BCUT2D eigenvalue weighted by atomic mass is 19.1. The molecule has 0 bridgehead atoms. The molecule has 2 aliphatic rings. The molecule has 0 radical (unpaired) electrons. The summed E-state index contributed by atoms with van der Waals surface area (Å²) in [7, 11) is 0. The van der Waals surface area contributed by atoms with E-state index < -0.39 is 0 Å². The molecule has 0 heterocycles. The van der Waals surface area contributed by atoms with Gasteiger partial charge >= 0.3 is 0 Å². The first-order valence-electron chi connectivity index (χ1n) is 7.11. The molecule has 3 rings (SSSR count). The van der Waals surface area contributed by atoms with E-state index in [0.717, 1.165) is 18.4 Å². The minimum atomic E-state index is -0.0255. The summed E-state index contributed by atoms with van der Waals surface area (Å²) in [5.41, 5.74) is 2.51. The van der Waals surface area contributed by atoms with Crippen LogP contribution in [0.25, 0.3) is 0 Å². The van der Waals surface area contributed by atoms with Crippen molar-refractivity contribution >= 4 is 0 Å². The second kappa shape index (κ2) is 4.34. The Balaban J connectivity index is 1.79. The van der Waals surface area contributed by atoms with Crippen LogP contribution in [-0.4, -0.2) is 6.04 Å². The Bertz CT molecular complexity index is 452. The summed E-state index contributed by atoms with van der Waals surface area (Å²) < 4.78 is 13.7. The minimum Gasteiger partial charge on any atom is -0.307 e. The molecule has 0 spiro atoms. The lowest BCUT2D eigenvalue weighted by Gasteiger charge is -2.31. The van der Waals surface area contributed by atoms with Gasteiger partial charge in [-0.05, 0) is 48.3 Å². The normalized spacial score (nSPS) is 29.5. The Labute approximate surface area is 109 Å². The van der Waals surface area contributed by atoms with Crippen LogP contribution < -0.4 is 5.32 Å². The average molecular weight is 247 g/mol. The average Bonchev–Trinajstić information content (AvgIpc) is 2.86. The highest BCUT2D eigenvalue weighted by Gasteiger charge is 2.37. The van der Waals surface area contributed by atoms with Crippen molar-refractivity contribution < 1.29 is 4.39 Å². The van der Waals surface area contributed by atoms with Crippen LogP contribution in [-0.2, 0) is 6.42 Å². The first-order valence-corrected chi connectivity index (χ1v) is 7.11. The summed E-state index contributed by atoms with van der Waals surface area (Å²) in [4.78, 5) is 0. The van der Waals surface area contributed by atoms with Crippen molar-refractivity contribution in [2.24, 2.45) is 5.41 Å². The zero-order valence-electron chi connectivity index (χ0n) is 11.3. The SMILES string of the molecule is CC1(C)CCCC1NC1CCc2c(F)cccc21. The summed E-state index contributed by atoms with van der Waals surface area (Å²) in [6.07, 6.45) is 5.80. The maximum atomic E-state index is 13.7. The molecule has 0 amide bonds. The monoisotopic (exact) mass is 247 g/mol. The smallest absolute Gasteiger partial charge is 0.126 e. The van der Waals surface area contributed by atoms with Crippen LogP contribution in [0.3, 0.4) is 0 Å². The third-order valence-electron chi connectivity index (χ3n) is 4.87. The summed E-state index contributed by atoms with van der Waals surface area (Å²) in [5.74, 6) is -0.0255. The van der Waals surface area contributed by atoms with Crippen molar-refractivity contribution in [3.05, 3.63) is 35.1 Å². The predicted octanol–water partition coefficient (Wildman–Crippen LogP) is 3.98. The fourth-order valence-electron chi connectivity index (χ4n) is 3.66. The van der Waals surface area contributed by atoms with Crippen LogP contribution >= 0.6 is 0 Å². The summed E-state index contributed by atoms with van der Waals surface area (Å²) in [6.45, 7) is 4.69. The topological polar surface area (TPSA) is 12.0 Å². The van der Waals surface area contributed by atoms with E-state index >= 15 is 0 Å². The fourth-order valence-corrected chi connectivity index (χ4v) is 3.66. The number of nitrogens with one attached hydrogen (secondary N) is 1.